The van der Waals surface area contributed by atoms with Gasteiger partial charge in [0.15, 0.2) is 0 Å². The number of ether oxygens (including phenoxy) is 1. The first-order valence-electron chi connectivity index (χ1n) is 4.45. The van der Waals surface area contributed by atoms with Crippen LogP contribution in [0, 0.1) is 0 Å². The number of nitrogens with one attached hydrogen (secondary N) is 1. The van der Waals surface area contributed by atoms with Crippen LogP contribution in [0.25, 0.3) is 10.8 Å². The van der Waals surface area contributed by atoms with E-state index in [1.54, 1.807) is 13.3 Å². The van der Waals surface area contributed by atoms with Gasteiger partial charge in [0.2, 0.25) is 0 Å². The predicted molar refractivity (Wildman–Crippen MR) is 57.8 cm³/mol. The fourth-order valence-electron chi connectivity index (χ4n) is 1.47. The SMILES string of the molecule is CNc1nccc2ccc(OC)cc12. The molecule has 0 aliphatic heterocycles. The van der Waals surface area contributed by atoms with Crippen LogP contribution in [-0.4, -0.2) is 19.1 Å². The molecule has 2 rings (SSSR count). The molecule has 1 aromatic heterocycles. The monoisotopic (exact) mass is 188 g/mol. The molecule has 0 unspecified atom stereocenters. The molecular weight excluding hydrogens is 176 g/mol. The van der Waals surface area contributed by atoms with Gasteiger partial charge < -0.3 is 10.1 Å². The van der Waals surface area contributed by atoms with E-state index in [0.717, 1.165) is 22.3 Å². The van der Waals surface area contributed by atoms with Crippen LogP contribution in [0.3, 0.4) is 0 Å². The van der Waals surface area contributed by atoms with Crippen LogP contribution in [0.15, 0.2) is 30.5 Å². The van der Waals surface area contributed by atoms with E-state index in [1.165, 1.54) is 0 Å². The van der Waals surface area contributed by atoms with Gasteiger partial charge in [0.25, 0.3) is 0 Å². The number of methoxy groups -OCH3 is 1. The largest absolute Gasteiger partial charge is 0.497 e. The van der Waals surface area contributed by atoms with Crippen LogP contribution < -0.4 is 10.1 Å². The van der Waals surface area contributed by atoms with E-state index in [4.69, 9.17) is 4.74 Å². The van der Waals surface area contributed by atoms with Crippen molar-refractivity contribution in [2.45, 2.75) is 0 Å². The predicted octanol–water partition coefficient (Wildman–Crippen LogP) is 2.29. The van der Waals surface area contributed by atoms with Crippen molar-refractivity contribution in [2.75, 3.05) is 19.5 Å². The van der Waals surface area contributed by atoms with Gasteiger partial charge in [-0.05, 0) is 23.6 Å². The number of hydrogen-bond donors (Lipinski definition) is 1. The molecule has 0 spiro atoms. The van der Waals surface area contributed by atoms with E-state index in [2.05, 4.69) is 10.3 Å². The summed E-state index contributed by atoms with van der Waals surface area (Å²) in [6.07, 6.45) is 1.79. The van der Waals surface area contributed by atoms with Gasteiger partial charge in [0, 0.05) is 18.6 Å². The van der Waals surface area contributed by atoms with Crippen molar-refractivity contribution < 1.29 is 4.74 Å². The zero-order valence-corrected chi connectivity index (χ0v) is 8.24. The molecule has 0 atom stereocenters. The van der Waals surface area contributed by atoms with E-state index in [0.29, 0.717) is 0 Å². The number of fused-ring (bicyclic) bond motifs is 1. The molecule has 0 fully saturated rings. The number of hydrogen-bond acceptors (Lipinski definition) is 3. The molecule has 0 bridgehead atoms. The van der Waals surface area contributed by atoms with Crippen LogP contribution in [0.1, 0.15) is 0 Å². The Morgan fingerprint density at radius 3 is 2.86 bits per heavy atom. The highest BCUT2D eigenvalue weighted by Gasteiger charge is 2.01. The highest BCUT2D eigenvalue weighted by atomic mass is 16.5. The van der Waals surface area contributed by atoms with Gasteiger partial charge in [-0.25, -0.2) is 4.98 Å². The third-order valence-corrected chi connectivity index (χ3v) is 2.21. The molecule has 0 aliphatic rings. The van der Waals surface area contributed by atoms with Crippen LogP contribution in [0.5, 0.6) is 5.75 Å². The van der Waals surface area contributed by atoms with E-state index < -0.39 is 0 Å². The molecule has 0 saturated carbocycles. The summed E-state index contributed by atoms with van der Waals surface area (Å²) >= 11 is 0. The third kappa shape index (κ3) is 1.37. The molecule has 0 amide bonds. The second-order valence-corrected chi connectivity index (χ2v) is 3.00. The Morgan fingerprint density at radius 2 is 2.14 bits per heavy atom. The minimum atomic E-state index is 0.849. The van der Waals surface area contributed by atoms with E-state index in [1.807, 2.05) is 31.3 Å². The van der Waals surface area contributed by atoms with Crippen LogP contribution in [0.4, 0.5) is 5.82 Å². The lowest BCUT2D eigenvalue weighted by atomic mass is 10.1. The lowest BCUT2D eigenvalue weighted by Gasteiger charge is -2.06. The van der Waals surface area contributed by atoms with Crippen molar-refractivity contribution >= 4 is 16.6 Å². The van der Waals surface area contributed by atoms with Gasteiger partial charge >= 0.3 is 0 Å². The van der Waals surface area contributed by atoms with E-state index >= 15 is 0 Å². The molecule has 14 heavy (non-hydrogen) atoms. The Kier molecular flexibility index (Phi) is 2.23. The number of anilines is 1. The standard InChI is InChI=1S/C11H12N2O/c1-12-11-10-7-9(14-2)4-3-8(10)5-6-13-11/h3-7H,1-2H3,(H,12,13). The molecular formula is C11H12N2O. The molecule has 1 aromatic carbocycles. The summed E-state index contributed by atoms with van der Waals surface area (Å²) in [4.78, 5) is 4.23. The number of aromatic nitrogens is 1. The summed E-state index contributed by atoms with van der Waals surface area (Å²) < 4.78 is 5.17. The summed E-state index contributed by atoms with van der Waals surface area (Å²) in [5, 5.41) is 5.29. The number of nitrogens with zero attached hydrogens (tertiary/aromatic N) is 1. The molecule has 3 nitrogen and oxygen atoms in total. The van der Waals surface area contributed by atoms with Gasteiger partial charge in [-0.1, -0.05) is 6.07 Å². The first-order chi connectivity index (χ1) is 6.85. The zero-order valence-electron chi connectivity index (χ0n) is 8.24. The average Bonchev–Trinajstić information content (AvgIpc) is 2.27. The van der Waals surface area contributed by atoms with Crippen molar-refractivity contribution in [3.05, 3.63) is 30.5 Å². The highest BCUT2D eigenvalue weighted by Crippen LogP contribution is 2.24. The first-order valence-corrected chi connectivity index (χ1v) is 4.45. The summed E-state index contributed by atoms with van der Waals surface area (Å²) in [6, 6.07) is 7.93. The molecule has 2 aromatic rings. The molecule has 1 N–H and O–H groups in total. The van der Waals surface area contributed by atoms with Crippen LogP contribution in [0.2, 0.25) is 0 Å². The number of benzene rings is 1. The van der Waals surface area contributed by atoms with Gasteiger partial charge in [0.1, 0.15) is 11.6 Å². The number of pyridine rings is 1. The normalized spacial score (nSPS) is 10.1. The summed E-state index contributed by atoms with van der Waals surface area (Å²) in [6.45, 7) is 0. The Balaban J connectivity index is 2.70. The Morgan fingerprint density at radius 1 is 1.29 bits per heavy atom. The second kappa shape index (κ2) is 3.54. The van der Waals surface area contributed by atoms with Crippen LogP contribution >= 0.6 is 0 Å². The van der Waals surface area contributed by atoms with Gasteiger partial charge in [0.05, 0.1) is 7.11 Å². The van der Waals surface area contributed by atoms with Gasteiger partial charge in [-0.3, -0.25) is 0 Å². The Bertz CT molecular complexity index is 454. The fraction of sp³-hybridized carbons (Fsp3) is 0.182. The maximum absolute atomic E-state index is 5.17. The smallest absolute Gasteiger partial charge is 0.133 e. The lowest BCUT2D eigenvalue weighted by Crippen LogP contribution is -1.93. The van der Waals surface area contributed by atoms with Crippen molar-refractivity contribution in [1.29, 1.82) is 0 Å². The molecule has 0 radical (unpaired) electrons. The number of rotatable bonds is 2. The topological polar surface area (TPSA) is 34.2 Å². The van der Waals surface area contributed by atoms with Gasteiger partial charge in [-0.15, -0.1) is 0 Å². The fourth-order valence-corrected chi connectivity index (χ4v) is 1.47. The minimum Gasteiger partial charge on any atom is -0.497 e. The van der Waals surface area contributed by atoms with Crippen molar-refractivity contribution in [3.63, 3.8) is 0 Å². The van der Waals surface area contributed by atoms with E-state index in [9.17, 15) is 0 Å². The molecule has 0 saturated heterocycles. The minimum absolute atomic E-state index is 0.849. The molecule has 0 aliphatic carbocycles. The molecule has 72 valence electrons. The molecule has 1 heterocycles. The van der Waals surface area contributed by atoms with Crippen molar-refractivity contribution in [3.8, 4) is 5.75 Å². The third-order valence-electron chi connectivity index (χ3n) is 2.21. The Labute approximate surface area is 82.7 Å². The summed E-state index contributed by atoms with van der Waals surface area (Å²) in [5.74, 6) is 1.73. The molecule has 3 heteroatoms. The Hall–Kier alpha value is -1.77. The first kappa shape index (κ1) is 8.81. The lowest BCUT2D eigenvalue weighted by molar-refractivity contribution is 0.415. The second-order valence-electron chi connectivity index (χ2n) is 3.00. The average molecular weight is 188 g/mol. The van der Waals surface area contributed by atoms with E-state index in [-0.39, 0.29) is 0 Å². The zero-order chi connectivity index (χ0) is 9.97. The van der Waals surface area contributed by atoms with Crippen molar-refractivity contribution in [1.82, 2.24) is 4.98 Å². The van der Waals surface area contributed by atoms with Gasteiger partial charge in [-0.2, -0.15) is 0 Å². The quantitative estimate of drug-likeness (QED) is 0.785. The summed E-state index contributed by atoms with van der Waals surface area (Å²) in [7, 11) is 3.53. The maximum atomic E-state index is 5.17. The maximum Gasteiger partial charge on any atom is 0.133 e. The summed E-state index contributed by atoms with van der Waals surface area (Å²) in [5.41, 5.74) is 0. The highest BCUT2D eigenvalue weighted by molar-refractivity contribution is 5.92. The van der Waals surface area contributed by atoms with Crippen molar-refractivity contribution in [2.24, 2.45) is 0 Å². The van der Waals surface area contributed by atoms with Crippen LogP contribution in [-0.2, 0) is 0 Å².